The van der Waals surface area contributed by atoms with Crippen LogP contribution in [0.1, 0.15) is 40.5 Å². The SMILES string of the molecule is Cc1nc(CCNC(=O)N2CCC3(CC(=O)c4ccccc4O3)C2)c(C)o1. The molecule has 4 rings (SSSR count). The van der Waals surface area contributed by atoms with E-state index in [0.717, 1.165) is 11.5 Å². The van der Waals surface area contributed by atoms with E-state index in [0.29, 0.717) is 56.1 Å². The molecule has 7 heteroatoms. The summed E-state index contributed by atoms with van der Waals surface area (Å²) in [5, 5.41) is 2.93. The van der Waals surface area contributed by atoms with Crippen molar-refractivity contribution in [2.24, 2.45) is 0 Å². The second-order valence-corrected chi connectivity index (χ2v) is 7.27. The molecule has 1 saturated heterocycles. The van der Waals surface area contributed by atoms with Crippen molar-refractivity contribution in [1.29, 1.82) is 0 Å². The molecule has 0 saturated carbocycles. The summed E-state index contributed by atoms with van der Waals surface area (Å²) in [4.78, 5) is 31.0. The van der Waals surface area contributed by atoms with E-state index in [9.17, 15) is 9.59 Å². The van der Waals surface area contributed by atoms with Crippen molar-refractivity contribution in [1.82, 2.24) is 15.2 Å². The van der Waals surface area contributed by atoms with Crippen molar-refractivity contribution in [3.05, 3.63) is 47.2 Å². The molecular weight excluding hydrogens is 346 g/mol. The standard InChI is InChI=1S/C20H23N3O4/c1-13-16(22-14(2)26-13)7-9-21-19(25)23-10-8-20(12-23)11-17(24)15-5-3-4-6-18(15)27-20/h3-6H,7-12H2,1-2H3,(H,21,25). The number of Topliss-reactive ketones (excluding diaryl/α,β-unsaturated/α-hetero) is 1. The molecular formula is C20H23N3O4. The zero-order chi connectivity index (χ0) is 19.0. The summed E-state index contributed by atoms with van der Waals surface area (Å²) in [5.41, 5.74) is 0.885. The Morgan fingerprint density at radius 3 is 2.93 bits per heavy atom. The highest BCUT2D eigenvalue weighted by molar-refractivity contribution is 6.00. The predicted octanol–water partition coefficient (Wildman–Crippen LogP) is 2.65. The minimum absolute atomic E-state index is 0.0796. The first kappa shape index (κ1) is 17.6. The smallest absolute Gasteiger partial charge is 0.317 e. The lowest BCUT2D eigenvalue weighted by atomic mass is 9.89. The number of aromatic nitrogens is 1. The van der Waals surface area contributed by atoms with Crippen molar-refractivity contribution < 1.29 is 18.7 Å². The number of likely N-dealkylation sites (tertiary alicyclic amines) is 1. The van der Waals surface area contributed by atoms with E-state index in [1.54, 1.807) is 11.0 Å². The lowest BCUT2D eigenvalue weighted by Crippen LogP contribution is -2.47. The van der Waals surface area contributed by atoms with Gasteiger partial charge < -0.3 is 19.4 Å². The van der Waals surface area contributed by atoms with Gasteiger partial charge in [-0.1, -0.05) is 12.1 Å². The fourth-order valence-corrected chi connectivity index (χ4v) is 3.89. The number of oxazole rings is 1. The molecule has 1 spiro atoms. The second kappa shape index (κ2) is 6.72. The van der Waals surface area contributed by atoms with Gasteiger partial charge in [-0.2, -0.15) is 0 Å². The number of carbonyl (C=O) groups excluding carboxylic acids is 2. The molecule has 1 unspecified atom stereocenters. The first-order chi connectivity index (χ1) is 13.0. The van der Waals surface area contributed by atoms with Gasteiger partial charge in [0.15, 0.2) is 11.7 Å². The highest BCUT2D eigenvalue weighted by Gasteiger charge is 2.46. The molecule has 7 nitrogen and oxygen atoms in total. The van der Waals surface area contributed by atoms with E-state index in [-0.39, 0.29) is 11.8 Å². The molecule has 1 fully saturated rings. The van der Waals surface area contributed by atoms with E-state index in [4.69, 9.17) is 9.15 Å². The van der Waals surface area contributed by atoms with Crippen molar-refractivity contribution in [2.75, 3.05) is 19.6 Å². The first-order valence-corrected chi connectivity index (χ1v) is 9.23. The number of carbonyl (C=O) groups is 2. The first-order valence-electron chi connectivity index (χ1n) is 9.23. The summed E-state index contributed by atoms with van der Waals surface area (Å²) in [7, 11) is 0. The third-order valence-electron chi connectivity index (χ3n) is 5.24. The zero-order valence-corrected chi connectivity index (χ0v) is 15.6. The Bertz CT molecular complexity index is 891. The van der Waals surface area contributed by atoms with Gasteiger partial charge in [0.25, 0.3) is 0 Å². The molecule has 1 N–H and O–H groups in total. The van der Waals surface area contributed by atoms with Crippen LogP contribution in [0.4, 0.5) is 4.79 Å². The number of amides is 2. The van der Waals surface area contributed by atoms with Crippen LogP contribution >= 0.6 is 0 Å². The van der Waals surface area contributed by atoms with Gasteiger partial charge in [-0.15, -0.1) is 0 Å². The topological polar surface area (TPSA) is 84.7 Å². The van der Waals surface area contributed by atoms with E-state index in [2.05, 4.69) is 10.3 Å². The Balaban J connectivity index is 1.35. The van der Waals surface area contributed by atoms with E-state index >= 15 is 0 Å². The number of ketones is 1. The summed E-state index contributed by atoms with van der Waals surface area (Å²) >= 11 is 0. The van der Waals surface area contributed by atoms with Crippen LogP contribution in [-0.2, 0) is 6.42 Å². The van der Waals surface area contributed by atoms with E-state index in [1.807, 2.05) is 32.0 Å². The highest BCUT2D eigenvalue weighted by atomic mass is 16.5. The Morgan fingerprint density at radius 2 is 2.15 bits per heavy atom. The number of ether oxygens (including phenoxy) is 1. The van der Waals surface area contributed by atoms with Crippen LogP contribution in [0.2, 0.25) is 0 Å². The number of para-hydroxylation sites is 1. The van der Waals surface area contributed by atoms with E-state index in [1.165, 1.54) is 0 Å². The van der Waals surface area contributed by atoms with Gasteiger partial charge in [0.05, 0.1) is 24.2 Å². The van der Waals surface area contributed by atoms with Crippen LogP contribution in [0.3, 0.4) is 0 Å². The van der Waals surface area contributed by atoms with Crippen LogP contribution in [0.25, 0.3) is 0 Å². The maximum atomic E-state index is 12.5. The normalized spacial score (nSPS) is 21.3. The summed E-state index contributed by atoms with van der Waals surface area (Å²) in [6, 6.07) is 7.17. The van der Waals surface area contributed by atoms with Gasteiger partial charge in [-0.3, -0.25) is 4.79 Å². The number of hydrogen-bond acceptors (Lipinski definition) is 5. The third-order valence-corrected chi connectivity index (χ3v) is 5.24. The lowest BCUT2D eigenvalue weighted by Gasteiger charge is -2.34. The van der Waals surface area contributed by atoms with Gasteiger partial charge in [0.2, 0.25) is 0 Å². The number of nitrogens with one attached hydrogen (secondary N) is 1. The number of benzene rings is 1. The lowest BCUT2D eigenvalue weighted by molar-refractivity contribution is 0.0478. The molecule has 2 aromatic rings. The molecule has 2 aliphatic heterocycles. The molecule has 2 aliphatic rings. The quantitative estimate of drug-likeness (QED) is 0.899. The van der Waals surface area contributed by atoms with Crippen molar-refractivity contribution in [3.8, 4) is 5.75 Å². The fourth-order valence-electron chi connectivity index (χ4n) is 3.89. The Hall–Kier alpha value is -2.83. The Labute approximate surface area is 157 Å². The van der Waals surface area contributed by atoms with Crippen molar-refractivity contribution >= 4 is 11.8 Å². The van der Waals surface area contributed by atoms with E-state index < -0.39 is 5.60 Å². The number of aryl methyl sites for hydroxylation is 2. The minimum Gasteiger partial charge on any atom is -0.484 e. The average Bonchev–Trinajstić information content (AvgIpc) is 3.18. The largest absolute Gasteiger partial charge is 0.484 e. The maximum absolute atomic E-state index is 12.5. The summed E-state index contributed by atoms with van der Waals surface area (Å²) < 4.78 is 11.6. The Morgan fingerprint density at radius 1 is 1.33 bits per heavy atom. The van der Waals surface area contributed by atoms with Gasteiger partial charge in [-0.25, -0.2) is 9.78 Å². The summed E-state index contributed by atoms with van der Waals surface area (Å²) in [6.45, 7) is 5.15. The van der Waals surface area contributed by atoms with Gasteiger partial charge >= 0.3 is 6.03 Å². The fraction of sp³-hybridized carbons (Fsp3) is 0.450. The number of rotatable bonds is 3. The molecule has 2 amide bonds. The van der Waals surface area contributed by atoms with Crippen LogP contribution < -0.4 is 10.1 Å². The number of hydrogen-bond donors (Lipinski definition) is 1. The van der Waals surface area contributed by atoms with Gasteiger partial charge in [-0.05, 0) is 19.1 Å². The molecule has 142 valence electrons. The third kappa shape index (κ3) is 3.41. The summed E-state index contributed by atoms with van der Waals surface area (Å²) in [5.74, 6) is 2.12. The van der Waals surface area contributed by atoms with Crippen LogP contribution in [0.15, 0.2) is 28.7 Å². The molecule has 1 atom stereocenters. The van der Waals surface area contributed by atoms with Gasteiger partial charge in [0, 0.05) is 32.9 Å². The molecule has 0 radical (unpaired) electrons. The molecule has 0 bridgehead atoms. The van der Waals surface area contributed by atoms with Crippen LogP contribution in [0, 0.1) is 13.8 Å². The summed E-state index contributed by atoms with van der Waals surface area (Å²) in [6.07, 6.45) is 1.59. The molecule has 1 aromatic heterocycles. The van der Waals surface area contributed by atoms with Gasteiger partial charge in [0.1, 0.15) is 17.1 Å². The molecule has 0 aliphatic carbocycles. The molecule has 3 heterocycles. The molecule has 1 aromatic carbocycles. The number of fused-ring (bicyclic) bond motifs is 1. The second-order valence-electron chi connectivity index (χ2n) is 7.27. The zero-order valence-electron chi connectivity index (χ0n) is 15.6. The number of nitrogens with zero attached hydrogens (tertiary/aromatic N) is 2. The molecule has 27 heavy (non-hydrogen) atoms. The van der Waals surface area contributed by atoms with Crippen LogP contribution in [0.5, 0.6) is 5.75 Å². The Kier molecular flexibility index (Phi) is 4.37. The van der Waals surface area contributed by atoms with Crippen molar-refractivity contribution in [2.45, 2.75) is 38.7 Å². The minimum atomic E-state index is -0.609. The predicted molar refractivity (Wildman–Crippen MR) is 98.0 cm³/mol. The van der Waals surface area contributed by atoms with Crippen molar-refractivity contribution in [3.63, 3.8) is 0 Å². The monoisotopic (exact) mass is 369 g/mol. The highest BCUT2D eigenvalue weighted by Crippen LogP contribution is 2.38. The average molecular weight is 369 g/mol. The number of urea groups is 1. The van der Waals surface area contributed by atoms with Crippen LogP contribution in [-0.4, -0.2) is 46.9 Å². The maximum Gasteiger partial charge on any atom is 0.317 e.